The molecule has 1 aromatic carbocycles. The minimum Gasteiger partial charge on any atom is -0.396 e. The van der Waals surface area contributed by atoms with E-state index in [2.05, 4.69) is 12.8 Å². The molecule has 1 rings (SSSR count). The average molecular weight is 213 g/mol. The van der Waals surface area contributed by atoms with Gasteiger partial charge in [-0.1, -0.05) is 31.0 Å². The third kappa shape index (κ3) is 2.90. The van der Waals surface area contributed by atoms with Crippen LogP contribution in [0.2, 0.25) is 0 Å². The van der Waals surface area contributed by atoms with E-state index in [9.17, 15) is 0 Å². The number of hydrogen-bond donors (Lipinski definition) is 3. The van der Waals surface area contributed by atoms with Gasteiger partial charge >= 0.3 is 0 Å². The van der Waals surface area contributed by atoms with Crippen LogP contribution >= 0.6 is 12.8 Å². The number of thiol groups is 1. The van der Waals surface area contributed by atoms with Gasteiger partial charge in [-0.2, -0.15) is 0 Å². The maximum Gasteiger partial charge on any atom is 0.0616 e. The molecular weight excluding hydrogens is 198 g/mol. The van der Waals surface area contributed by atoms with E-state index >= 15 is 0 Å². The minimum absolute atomic E-state index is 0.0664. The fourth-order valence-electron chi connectivity index (χ4n) is 1.31. The largest absolute Gasteiger partial charge is 0.396 e. The third-order valence-electron chi connectivity index (χ3n) is 1.96. The summed E-state index contributed by atoms with van der Waals surface area (Å²) in [6.07, 6.45) is 0.610. The Labute approximate surface area is 89.5 Å². The second kappa shape index (κ2) is 5.90. The number of aliphatic hydroxyl groups excluding tert-OH is 2. The van der Waals surface area contributed by atoms with Gasteiger partial charge in [-0.25, -0.2) is 0 Å². The maximum atomic E-state index is 8.86. The molecule has 1 aromatic rings. The van der Waals surface area contributed by atoms with E-state index < -0.39 is 0 Å². The topological polar surface area (TPSA) is 43.7 Å². The number of nitrogens with zero attached hydrogens (tertiary/aromatic N) is 1. The first kappa shape index (κ1) is 11.4. The van der Waals surface area contributed by atoms with Crippen molar-refractivity contribution < 1.29 is 10.2 Å². The van der Waals surface area contributed by atoms with Gasteiger partial charge in [0.05, 0.1) is 18.8 Å². The van der Waals surface area contributed by atoms with Gasteiger partial charge in [-0.3, -0.25) is 0 Å². The second-order valence-corrected chi connectivity index (χ2v) is 3.43. The van der Waals surface area contributed by atoms with Crippen molar-refractivity contribution >= 4 is 18.5 Å². The number of para-hydroxylation sites is 1. The molecule has 0 spiro atoms. The Kier molecular flexibility index (Phi) is 4.79. The molecule has 0 radical (unpaired) electrons. The van der Waals surface area contributed by atoms with Crippen molar-refractivity contribution in [2.45, 2.75) is 6.42 Å². The first-order valence-corrected chi connectivity index (χ1v) is 4.95. The van der Waals surface area contributed by atoms with Crippen LogP contribution in [0.5, 0.6) is 0 Å². The van der Waals surface area contributed by atoms with Crippen LogP contribution in [0.4, 0.5) is 5.69 Å². The monoisotopic (exact) mass is 213 g/mol. The fourth-order valence-corrected chi connectivity index (χ4v) is 1.59. The van der Waals surface area contributed by atoms with Crippen LogP contribution in [0.25, 0.3) is 0 Å². The Morgan fingerprint density at radius 3 is 2.50 bits per heavy atom. The quantitative estimate of drug-likeness (QED) is 0.636. The number of rotatable bonds is 5. The zero-order valence-electron chi connectivity index (χ0n) is 7.93. The van der Waals surface area contributed by atoms with Crippen molar-refractivity contribution in [3.63, 3.8) is 0 Å². The molecule has 0 bridgehead atoms. The summed E-state index contributed by atoms with van der Waals surface area (Å²) in [5.74, 6) is 0. The Morgan fingerprint density at radius 2 is 1.86 bits per heavy atom. The van der Waals surface area contributed by atoms with Gasteiger partial charge in [0.15, 0.2) is 0 Å². The van der Waals surface area contributed by atoms with Crippen LogP contribution < -0.4 is 4.31 Å². The molecule has 0 saturated carbocycles. The maximum absolute atomic E-state index is 8.86. The zero-order valence-corrected chi connectivity index (χ0v) is 8.82. The summed E-state index contributed by atoms with van der Waals surface area (Å²) in [5, 5.41) is 17.6. The lowest BCUT2D eigenvalue weighted by atomic mass is 10.1. The molecule has 3 nitrogen and oxygen atoms in total. The molecule has 0 aromatic heterocycles. The highest BCUT2D eigenvalue weighted by Gasteiger charge is 2.05. The van der Waals surface area contributed by atoms with E-state index in [-0.39, 0.29) is 13.2 Å². The smallest absolute Gasteiger partial charge is 0.0616 e. The lowest BCUT2D eigenvalue weighted by Gasteiger charge is -2.19. The first-order valence-electron chi connectivity index (χ1n) is 4.55. The van der Waals surface area contributed by atoms with Gasteiger partial charge in [0.1, 0.15) is 0 Å². The molecule has 0 amide bonds. The van der Waals surface area contributed by atoms with Crippen LogP contribution in [-0.4, -0.2) is 30.0 Å². The van der Waals surface area contributed by atoms with E-state index in [1.807, 2.05) is 24.3 Å². The number of benzene rings is 1. The summed E-state index contributed by atoms with van der Waals surface area (Å²) >= 11 is 4.25. The van der Waals surface area contributed by atoms with Gasteiger partial charge in [-0.15, -0.1) is 0 Å². The SMILES string of the molecule is OCCc1ccccc1N(S)CCO. The van der Waals surface area contributed by atoms with Crippen LogP contribution in [0.15, 0.2) is 24.3 Å². The Hall–Kier alpha value is -0.710. The highest BCUT2D eigenvalue weighted by Crippen LogP contribution is 2.21. The van der Waals surface area contributed by atoms with Crippen molar-refractivity contribution in [3.8, 4) is 0 Å². The summed E-state index contributed by atoms with van der Waals surface area (Å²) in [4.78, 5) is 0. The molecule has 4 heteroatoms. The van der Waals surface area contributed by atoms with E-state index in [1.165, 1.54) is 0 Å². The first-order chi connectivity index (χ1) is 6.79. The minimum atomic E-state index is 0.0664. The van der Waals surface area contributed by atoms with Gasteiger partial charge in [0.2, 0.25) is 0 Å². The van der Waals surface area contributed by atoms with E-state index in [0.717, 1.165) is 11.3 Å². The van der Waals surface area contributed by atoms with Crippen molar-refractivity contribution in [3.05, 3.63) is 29.8 Å². The Morgan fingerprint density at radius 1 is 1.14 bits per heavy atom. The highest BCUT2D eigenvalue weighted by atomic mass is 32.1. The number of anilines is 1. The molecule has 0 aliphatic heterocycles. The summed E-state index contributed by atoms with van der Waals surface area (Å²) in [6.45, 7) is 0.667. The van der Waals surface area contributed by atoms with E-state index in [0.29, 0.717) is 13.0 Å². The number of hydrogen-bond acceptors (Lipinski definition) is 4. The summed E-state index contributed by atoms with van der Waals surface area (Å²) in [5.41, 5.74) is 1.98. The van der Waals surface area contributed by atoms with Crippen LogP contribution in [0.1, 0.15) is 5.56 Å². The van der Waals surface area contributed by atoms with Gasteiger partial charge in [0.25, 0.3) is 0 Å². The Bertz CT molecular complexity index is 281. The normalized spacial score (nSPS) is 10.2. The lowest BCUT2D eigenvalue weighted by Crippen LogP contribution is -2.17. The van der Waals surface area contributed by atoms with Gasteiger partial charge < -0.3 is 14.5 Å². The van der Waals surface area contributed by atoms with Crippen molar-refractivity contribution in [1.29, 1.82) is 0 Å². The summed E-state index contributed by atoms with van der Waals surface area (Å²) in [6, 6.07) is 7.71. The molecule has 0 atom stereocenters. The molecule has 0 saturated heterocycles. The fraction of sp³-hybridized carbons (Fsp3) is 0.400. The van der Waals surface area contributed by atoms with E-state index in [4.69, 9.17) is 10.2 Å². The number of aliphatic hydroxyl groups is 2. The van der Waals surface area contributed by atoms with Crippen molar-refractivity contribution in [1.82, 2.24) is 0 Å². The molecule has 0 heterocycles. The molecule has 0 fully saturated rings. The summed E-state index contributed by atoms with van der Waals surface area (Å²) in [7, 11) is 0. The van der Waals surface area contributed by atoms with E-state index in [1.54, 1.807) is 4.31 Å². The molecule has 0 aliphatic rings. The van der Waals surface area contributed by atoms with Crippen molar-refractivity contribution in [2.75, 3.05) is 24.1 Å². The zero-order chi connectivity index (χ0) is 10.4. The van der Waals surface area contributed by atoms with Crippen LogP contribution in [0.3, 0.4) is 0 Å². The van der Waals surface area contributed by atoms with Crippen LogP contribution in [0, 0.1) is 0 Å². The second-order valence-electron chi connectivity index (χ2n) is 2.95. The molecule has 0 unspecified atom stereocenters. The lowest BCUT2D eigenvalue weighted by molar-refractivity contribution is 0.299. The standard InChI is InChI=1S/C10H15NO2S/c12-7-5-9-3-1-2-4-10(9)11(14)6-8-13/h1-4,12-14H,5-8H2. The Balaban J connectivity index is 2.82. The van der Waals surface area contributed by atoms with Gasteiger partial charge in [-0.05, 0) is 18.1 Å². The molecule has 2 N–H and O–H groups in total. The molecule has 14 heavy (non-hydrogen) atoms. The molecular formula is C10H15NO2S. The van der Waals surface area contributed by atoms with Crippen molar-refractivity contribution in [2.24, 2.45) is 0 Å². The highest BCUT2D eigenvalue weighted by molar-refractivity contribution is 7.81. The van der Waals surface area contributed by atoms with Crippen LogP contribution in [-0.2, 0) is 6.42 Å². The van der Waals surface area contributed by atoms with Gasteiger partial charge in [0, 0.05) is 6.61 Å². The molecule has 0 aliphatic carbocycles. The average Bonchev–Trinajstić information content (AvgIpc) is 2.19. The molecule has 78 valence electrons. The predicted molar refractivity (Wildman–Crippen MR) is 60.6 cm³/mol. The predicted octanol–water partition coefficient (Wildman–Crippen LogP) is 0.865. The third-order valence-corrected chi connectivity index (χ3v) is 2.38. The summed E-state index contributed by atoms with van der Waals surface area (Å²) < 4.78 is 1.69.